The second-order valence-electron chi connectivity index (χ2n) is 5.28. The molecular formula is C16H25F2IN4O. The summed E-state index contributed by atoms with van der Waals surface area (Å²) in [5.74, 6) is 1.01. The molecule has 0 aromatic heterocycles. The number of halogens is 3. The number of nitrogens with one attached hydrogen (secondary N) is 2. The average molecular weight is 454 g/mol. The van der Waals surface area contributed by atoms with Gasteiger partial charge in [0.1, 0.15) is 5.75 Å². The molecule has 1 unspecified atom stereocenters. The molecule has 1 saturated heterocycles. The highest BCUT2D eigenvalue weighted by Crippen LogP contribution is 2.31. The second kappa shape index (κ2) is 10.5. The molecule has 5 nitrogen and oxygen atoms in total. The van der Waals surface area contributed by atoms with E-state index in [1.165, 1.54) is 0 Å². The molecule has 1 heterocycles. The van der Waals surface area contributed by atoms with Gasteiger partial charge in [0.25, 0.3) is 0 Å². The molecule has 0 saturated carbocycles. The number of benzene rings is 1. The van der Waals surface area contributed by atoms with Crippen molar-refractivity contribution < 1.29 is 13.5 Å². The maximum absolute atomic E-state index is 12.5. The Morgan fingerprint density at radius 2 is 2.12 bits per heavy atom. The van der Waals surface area contributed by atoms with Gasteiger partial charge in [-0.3, -0.25) is 4.99 Å². The van der Waals surface area contributed by atoms with E-state index in [2.05, 4.69) is 25.3 Å². The van der Waals surface area contributed by atoms with Crippen LogP contribution in [0.2, 0.25) is 0 Å². The van der Waals surface area contributed by atoms with Gasteiger partial charge in [-0.2, -0.15) is 8.78 Å². The summed E-state index contributed by atoms with van der Waals surface area (Å²) in [7, 11) is 0. The maximum Gasteiger partial charge on any atom is 0.387 e. The SMILES string of the molecule is CCN=C(NCC)NC1CCN(c2ccccc2OC(F)F)C1.I. The summed E-state index contributed by atoms with van der Waals surface area (Å²) in [6, 6.07) is 7.14. The van der Waals surface area contributed by atoms with Crippen LogP contribution in [0.15, 0.2) is 29.3 Å². The van der Waals surface area contributed by atoms with E-state index >= 15 is 0 Å². The van der Waals surface area contributed by atoms with E-state index in [9.17, 15) is 8.78 Å². The molecule has 1 aromatic rings. The van der Waals surface area contributed by atoms with Gasteiger partial charge in [0.2, 0.25) is 0 Å². The molecule has 2 N–H and O–H groups in total. The molecule has 0 aliphatic carbocycles. The van der Waals surface area contributed by atoms with Gasteiger partial charge in [-0.1, -0.05) is 12.1 Å². The van der Waals surface area contributed by atoms with Crippen molar-refractivity contribution in [3.05, 3.63) is 24.3 Å². The molecule has 24 heavy (non-hydrogen) atoms. The lowest BCUT2D eigenvalue weighted by Crippen LogP contribution is -2.44. The normalized spacial score (nSPS) is 17.6. The number of nitrogens with zero attached hydrogens (tertiary/aromatic N) is 2. The lowest BCUT2D eigenvalue weighted by Gasteiger charge is -2.22. The molecular weight excluding hydrogens is 429 g/mol. The largest absolute Gasteiger partial charge is 0.433 e. The molecule has 0 radical (unpaired) electrons. The summed E-state index contributed by atoms with van der Waals surface area (Å²) in [6.45, 7) is 4.20. The quantitative estimate of drug-likeness (QED) is 0.394. The van der Waals surface area contributed by atoms with Crippen LogP contribution in [0.5, 0.6) is 5.75 Å². The summed E-state index contributed by atoms with van der Waals surface area (Å²) in [4.78, 5) is 6.44. The Morgan fingerprint density at radius 1 is 1.38 bits per heavy atom. The van der Waals surface area contributed by atoms with E-state index in [0.29, 0.717) is 12.2 Å². The van der Waals surface area contributed by atoms with Crippen molar-refractivity contribution >= 4 is 35.6 Å². The predicted octanol–water partition coefficient (Wildman–Crippen LogP) is 3.06. The fourth-order valence-electron chi connectivity index (χ4n) is 2.68. The van der Waals surface area contributed by atoms with Gasteiger partial charge in [0.15, 0.2) is 5.96 Å². The van der Waals surface area contributed by atoms with Crippen LogP contribution in [0, 0.1) is 0 Å². The molecule has 136 valence electrons. The third kappa shape index (κ3) is 5.95. The van der Waals surface area contributed by atoms with Crippen molar-refractivity contribution in [2.75, 3.05) is 31.1 Å². The molecule has 0 amide bonds. The van der Waals surface area contributed by atoms with Crippen LogP contribution in [0.25, 0.3) is 0 Å². The summed E-state index contributed by atoms with van der Waals surface area (Å²) in [5, 5.41) is 6.59. The number of para-hydroxylation sites is 2. The minimum atomic E-state index is -2.82. The van der Waals surface area contributed by atoms with Crippen LogP contribution < -0.4 is 20.3 Å². The number of hydrogen-bond acceptors (Lipinski definition) is 3. The number of anilines is 1. The standard InChI is InChI=1S/C16H24F2N4O.HI/c1-3-19-16(20-4-2)21-12-9-10-22(11-12)13-7-5-6-8-14(13)23-15(17)18;/h5-8,12,15H,3-4,9-11H2,1-2H3,(H2,19,20,21);1H. The van der Waals surface area contributed by atoms with Crippen LogP contribution in [0.4, 0.5) is 14.5 Å². The summed E-state index contributed by atoms with van der Waals surface area (Å²) >= 11 is 0. The van der Waals surface area contributed by atoms with Crippen molar-refractivity contribution in [1.29, 1.82) is 0 Å². The average Bonchev–Trinajstić information content (AvgIpc) is 2.96. The van der Waals surface area contributed by atoms with Gasteiger partial charge in [0.05, 0.1) is 5.69 Å². The summed E-state index contributed by atoms with van der Waals surface area (Å²) in [6.07, 6.45) is 0.914. The molecule has 1 fully saturated rings. The highest BCUT2D eigenvalue weighted by molar-refractivity contribution is 14.0. The Hall–Kier alpha value is -1.32. The van der Waals surface area contributed by atoms with Crippen molar-refractivity contribution in [2.24, 2.45) is 4.99 Å². The highest BCUT2D eigenvalue weighted by Gasteiger charge is 2.25. The van der Waals surface area contributed by atoms with Crippen molar-refractivity contribution in [2.45, 2.75) is 32.9 Å². The van der Waals surface area contributed by atoms with Crippen molar-refractivity contribution in [3.8, 4) is 5.75 Å². The van der Waals surface area contributed by atoms with Crippen LogP contribution in [-0.4, -0.2) is 44.8 Å². The van der Waals surface area contributed by atoms with Crippen LogP contribution in [0.3, 0.4) is 0 Å². The molecule has 0 spiro atoms. The Kier molecular flexibility index (Phi) is 9.09. The maximum atomic E-state index is 12.5. The topological polar surface area (TPSA) is 48.9 Å². The van der Waals surface area contributed by atoms with E-state index in [4.69, 9.17) is 0 Å². The summed E-state index contributed by atoms with van der Waals surface area (Å²) in [5.41, 5.74) is 0.703. The zero-order valence-corrected chi connectivity index (χ0v) is 16.3. The zero-order chi connectivity index (χ0) is 16.7. The first-order valence-corrected chi connectivity index (χ1v) is 7.97. The highest BCUT2D eigenvalue weighted by atomic mass is 127. The van der Waals surface area contributed by atoms with Gasteiger partial charge in [-0.15, -0.1) is 24.0 Å². The van der Waals surface area contributed by atoms with Crippen molar-refractivity contribution in [1.82, 2.24) is 10.6 Å². The van der Waals surface area contributed by atoms with Crippen LogP contribution >= 0.6 is 24.0 Å². The van der Waals surface area contributed by atoms with Gasteiger partial charge in [-0.25, -0.2) is 0 Å². The first-order chi connectivity index (χ1) is 11.1. The van der Waals surface area contributed by atoms with Crippen molar-refractivity contribution in [3.63, 3.8) is 0 Å². The Morgan fingerprint density at radius 3 is 2.79 bits per heavy atom. The predicted molar refractivity (Wildman–Crippen MR) is 104 cm³/mol. The monoisotopic (exact) mass is 454 g/mol. The first kappa shape index (κ1) is 20.7. The molecule has 8 heteroatoms. The smallest absolute Gasteiger partial charge is 0.387 e. The number of alkyl halides is 2. The molecule has 1 atom stereocenters. The number of aliphatic imine (C=N–C) groups is 1. The van der Waals surface area contributed by atoms with Gasteiger partial charge in [0, 0.05) is 32.2 Å². The minimum Gasteiger partial charge on any atom is -0.433 e. The Bertz CT molecular complexity index is 531. The third-order valence-corrected chi connectivity index (χ3v) is 3.61. The molecule has 0 bridgehead atoms. The number of ether oxygens (including phenoxy) is 1. The number of guanidine groups is 1. The molecule has 1 aliphatic heterocycles. The minimum absolute atomic E-state index is 0. The number of hydrogen-bond donors (Lipinski definition) is 2. The summed E-state index contributed by atoms with van der Waals surface area (Å²) < 4.78 is 29.7. The third-order valence-electron chi connectivity index (χ3n) is 3.61. The van der Waals surface area contributed by atoms with E-state index < -0.39 is 6.61 Å². The zero-order valence-electron chi connectivity index (χ0n) is 14.0. The van der Waals surface area contributed by atoms with Crippen LogP contribution in [-0.2, 0) is 0 Å². The molecule has 1 aromatic carbocycles. The number of rotatable bonds is 6. The Labute approximate surface area is 158 Å². The van der Waals surface area contributed by atoms with Crippen LogP contribution in [0.1, 0.15) is 20.3 Å². The van der Waals surface area contributed by atoms with Gasteiger partial charge < -0.3 is 20.3 Å². The van der Waals surface area contributed by atoms with Gasteiger partial charge >= 0.3 is 6.61 Å². The molecule has 1 aliphatic rings. The fourth-order valence-corrected chi connectivity index (χ4v) is 2.68. The van der Waals surface area contributed by atoms with Gasteiger partial charge in [-0.05, 0) is 32.4 Å². The lowest BCUT2D eigenvalue weighted by atomic mass is 10.2. The first-order valence-electron chi connectivity index (χ1n) is 7.97. The second-order valence-corrected chi connectivity index (χ2v) is 5.28. The fraction of sp³-hybridized carbons (Fsp3) is 0.562. The Balaban J connectivity index is 0.00000288. The van der Waals surface area contributed by atoms with E-state index in [1.807, 2.05) is 26.0 Å². The van der Waals surface area contributed by atoms with E-state index in [-0.39, 0.29) is 35.8 Å². The van der Waals surface area contributed by atoms with E-state index in [1.54, 1.807) is 12.1 Å². The van der Waals surface area contributed by atoms with E-state index in [0.717, 1.165) is 32.0 Å². The molecule has 2 rings (SSSR count). The lowest BCUT2D eigenvalue weighted by molar-refractivity contribution is -0.0495.